The molecule has 0 spiro atoms. The summed E-state index contributed by atoms with van der Waals surface area (Å²) in [6.07, 6.45) is 0. The number of hydrogen-bond acceptors (Lipinski definition) is 4. The summed E-state index contributed by atoms with van der Waals surface area (Å²) in [5.41, 5.74) is 5.99. The number of carbonyl (C=O) groups excluding carboxylic acids is 1. The molecule has 15 heavy (non-hydrogen) atoms. The third-order valence-electron chi connectivity index (χ3n) is 1.61. The Morgan fingerprint density at radius 3 is 2.80 bits per heavy atom. The summed E-state index contributed by atoms with van der Waals surface area (Å²) in [5, 5.41) is 0. The largest absolute Gasteiger partial charge is 0.460 e. The monoisotopic (exact) mass is 224 g/mol. The highest BCUT2D eigenvalue weighted by Gasteiger charge is 2.08. The van der Waals surface area contributed by atoms with Crippen molar-refractivity contribution in [3.8, 4) is 0 Å². The summed E-state index contributed by atoms with van der Waals surface area (Å²) in [6.45, 7) is 1.98. The van der Waals surface area contributed by atoms with Crippen molar-refractivity contribution in [2.45, 2.75) is 11.8 Å². The number of aliphatic imine (C=N–C) groups is 1. The van der Waals surface area contributed by atoms with Crippen molar-refractivity contribution >= 4 is 30.1 Å². The smallest absolute Gasteiger partial charge is 0.373 e. The molecule has 0 saturated heterocycles. The number of amidine groups is 1. The zero-order chi connectivity index (χ0) is 11.3. The number of nitrogens with zero attached hydrogens (tertiary/aromatic N) is 1. The summed E-state index contributed by atoms with van der Waals surface area (Å²) in [6, 6.07) is 7.09. The van der Waals surface area contributed by atoms with Gasteiger partial charge in [-0.25, -0.2) is 9.79 Å². The number of esters is 1. The van der Waals surface area contributed by atoms with Gasteiger partial charge in [0.25, 0.3) is 0 Å². The van der Waals surface area contributed by atoms with Gasteiger partial charge in [0.15, 0.2) is 0 Å². The van der Waals surface area contributed by atoms with Crippen molar-refractivity contribution in [2.75, 3.05) is 6.61 Å². The first-order chi connectivity index (χ1) is 7.15. The fraction of sp³-hybridized carbons (Fsp3) is 0.200. The second-order valence-corrected chi connectivity index (χ2v) is 3.19. The van der Waals surface area contributed by atoms with Gasteiger partial charge < -0.3 is 10.5 Å². The molecule has 0 fully saturated rings. The second-order valence-electron chi connectivity index (χ2n) is 2.71. The number of benzene rings is 1. The van der Waals surface area contributed by atoms with Crippen LogP contribution in [0.25, 0.3) is 0 Å². The van der Waals surface area contributed by atoms with Gasteiger partial charge in [0.1, 0.15) is 0 Å². The Kier molecular flexibility index (Phi) is 4.17. The molecule has 0 atom stereocenters. The van der Waals surface area contributed by atoms with E-state index in [1.807, 2.05) is 6.07 Å². The van der Waals surface area contributed by atoms with Crippen LogP contribution in [0.1, 0.15) is 6.92 Å². The number of rotatable bonds is 2. The Morgan fingerprint density at radius 2 is 2.20 bits per heavy atom. The van der Waals surface area contributed by atoms with E-state index in [1.165, 1.54) is 0 Å². The molecule has 0 aromatic heterocycles. The van der Waals surface area contributed by atoms with Crippen LogP contribution in [0.5, 0.6) is 0 Å². The zero-order valence-electron chi connectivity index (χ0n) is 8.30. The lowest BCUT2D eigenvalue weighted by atomic mass is 10.3. The van der Waals surface area contributed by atoms with Crippen LogP contribution >= 0.6 is 12.6 Å². The summed E-state index contributed by atoms with van der Waals surface area (Å²) in [5.74, 6) is -0.785. The van der Waals surface area contributed by atoms with Crippen molar-refractivity contribution in [2.24, 2.45) is 10.7 Å². The average Bonchev–Trinajstić information content (AvgIpc) is 2.21. The first-order valence-electron chi connectivity index (χ1n) is 4.44. The maximum absolute atomic E-state index is 11.2. The van der Waals surface area contributed by atoms with Gasteiger partial charge in [0.05, 0.1) is 12.3 Å². The van der Waals surface area contributed by atoms with Crippen LogP contribution in [0, 0.1) is 0 Å². The number of para-hydroxylation sites is 1. The van der Waals surface area contributed by atoms with Crippen LogP contribution in [-0.4, -0.2) is 18.4 Å². The van der Waals surface area contributed by atoms with E-state index in [-0.39, 0.29) is 12.4 Å². The van der Waals surface area contributed by atoms with E-state index < -0.39 is 5.97 Å². The summed E-state index contributed by atoms with van der Waals surface area (Å²) in [7, 11) is 0. The molecule has 0 amide bonds. The number of hydrogen-bond donors (Lipinski definition) is 2. The highest BCUT2D eigenvalue weighted by atomic mass is 32.1. The zero-order valence-corrected chi connectivity index (χ0v) is 9.20. The van der Waals surface area contributed by atoms with E-state index in [1.54, 1.807) is 25.1 Å². The van der Waals surface area contributed by atoms with E-state index >= 15 is 0 Å². The third kappa shape index (κ3) is 3.28. The Morgan fingerprint density at radius 1 is 1.53 bits per heavy atom. The van der Waals surface area contributed by atoms with Crippen LogP contribution in [0.3, 0.4) is 0 Å². The molecule has 5 heteroatoms. The summed E-state index contributed by atoms with van der Waals surface area (Å²) in [4.78, 5) is 15.7. The number of nitrogens with two attached hydrogens (primary N) is 1. The highest BCUT2D eigenvalue weighted by molar-refractivity contribution is 7.80. The molecule has 0 aliphatic carbocycles. The van der Waals surface area contributed by atoms with Crippen LogP contribution in [0.4, 0.5) is 5.69 Å². The van der Waals surface area contributed by atoms with Crippen molar-refractivity contribution in [3.63, 3.8) is 0 Å². The van der Waals surface area contributed by atoms with E-state index in [9.17, 15) is 4.79 Å². The molecule has 4 nitrogen and oxygen atoms in total. The molecule has 1 aromatic rings. The van der Waals surface area contributed by atoms with Gasteiger partial charge in [-0.05, 0) is 19.1 Å². The van der Waals surface area contributed by atoms with Crippen molar-refractivity contribution in [1.82, 2.24) is 0 Å². The molecule has 1 rings (SSSR count). The van der Waals surface area contributed by atoms with Gasteiger partial charge in [0, 0.05) is 4.90 Å². The molecule has 0 bridgehead atoms. The normalized spacial score (nSPS) is 11.2. The van der Waals surface area contributed by atoms with Gasteiger partial charge in [-0.15, -0.1) is 12.6 Å². The Labute approximate surface area is 93.6 Å². The molecular formula is C10H12N2O2S. The molecule has 0 heterocycles. The summed E-state index contributed by atoms with van der Waals surface area (Å²) >= 11 is 4.18. The fourth-order valence-corrected chi connectivity index (χ4v) is 1.15. The Balaban J connectivity index is 2.88. The lowest BCUT2D eigenvalue weighted by Crippen LogP contribution is -2.25. The summed E-state index contributed by atoms with van der Waals surface area (Å²) < 4.78 is 4.70. The van der Waals surface area contributed by atoms with Crippen molar-refractivity contribution in [1.29, 1.82) is 0 Å². The first kappa shape index (κ1) is 11.6. The lowest BCUT2D eigenvalue weighted by molar-refractivity contribution is -0.135. The molecule has 0 unspecified atom stereocenters. The maximum Gasteiger partial charge on any atom is 0.373 e. The number of carbonyl (C=O) groups is 1. The Bertz CT molecular complexity index is 391. The molecule has 80 valence electrons. The van der Waals surface area contributed by atoms with Gasteiger partial charge >= 0.3 is 5.97 Å². The SMILES string of the molecule is CCOC(=O)C(N)=Nc1ccccc1S. The molecular weight excluding hydrogens is 212 g/mol. The molecule has 0 aliphatic heterocycles. The van der Waals surface area contributed by atoms with Gasteiger partial charge in [-0.1, -0.05) is 12.1 Å². The van der Waals surface area contributed by atoms with Gasteiger partial charge in [-0.3, -0.25) is 0 Å². The average molecular weight is 224 g/mol. The minimum atomic E-state index is -0.617. The molecule has 0 aliphatic rings. The van der Waals surface area contributed by atoms with E-state index in [4.69, 9.17) is 10.5 Å². The van der Waals surface area contributed by atoms with E-state index in [0.717, 1.165) is 0 Å². The number of thiol groups is 1. The van der Waals surface area contributed by atoms with Gasteiger partial charge in [-0.2, -0.15) is 0 Å². The van der Waals surface area contributed by atoms with Crippen molar-refractivity contribution in [3.05, 3.63) is 24.3 Å². The maximum atomic E-state index is 11.2. The van der Waals surface area contributed by atoms with E-state index in [0.29, 0.717) is 10.6 Å². The minimum Gasteiger partial charge on any atom is -0.460 e. The lowest BCUT2D eigenvalue weighted by Gasteiger charge is -2.02. The van der Waals surface area contributed by atoms with Crippen LogP contribution in [0.15, 0.2) is 34.2 Å². The molecule has 0 saturated carbocycles. The predicted octanol–water partition coefficient (Wildman–Crippen LogP) is 1.53. The Hall–Kier alpha value is -1.49. The molecule has 1 aromatic carbocycles. The van der Waals surface area contributed by atoms with E-state index in [2.05, 4.69) is 17.6 Å². The van der Waals surface area contributed by atoms with Gasteiger partial charge in [0.2, 0.25) is 5.84 Å². The third-order valence-corrected chi connectivity index (χ3v) is 1.99. The fourth-order valence-electron chi connectivity index (χ4n) is 0.939. The highest BCUT2D eigenvalue weighted by Crippen LogP contribution is 2.21. The quantitative estimate of drug-likeness (QED) is 0.346. The first-order valence-corrected chi connectivity index (χ1v) is 4.89. The standard InChI is InChI=1S/C10H12N2O2S/c1-2-14-10(13)9(11)12-7-5-3-4-6-8(7)15/h3-6,15H,2H2,1H3,(H2,11,12). The van der Waals surface area contributed by atoms with Crippen LogP contribution in [-0.2, 0) is 9.53 Å². The molecule has 0 radical (unpaired) electrons. The topological polar surface area (TPSA) is 64.7 Å². The number of ether oxygens (including phenoxy) is 1. The molecule has 2 N–H and O–H groups in total. The van der Waals surface area contributed by atoms with Crippen LogP contribution in [0.2, 0.25) is 0 Å². The minimum absolute atomic E-state index is 0.168. The predicted molar refractivity (Wildman–Crippen MR) is 61.6 cm³/mol. The second kappa shape index (κ2) is 5.41. The van der Waals surface area contributed by atoms with Crippen molar-refractivity contribution < 1.29 is 9.53 Å². The van der Waals surface area contributed by atoms with Crippen LogP contribution < -0.4 is 5.73 Å².